The van der Waals surface area contributed by atoms with Crippen LogP contribution in [0.5, 0.6) is 0 Å². The standard InChI is InChI=1S/C9H15N3O2S/c1-2-8(14-3-1)6-13-4-5-15-9-10-7-11-12-9/h7-8H,1-6H2,(H,10,11,12). The van der Waals surface area contributed by atoms with Crippen molar-refractivity contribution in [1.82, 2.24) is 15.2 Å². The molecule has 1 atom stereocenters. The lowest BCUT2D eigenvalue weighted by atomic mass is 10.2. The number of ether oxygens (including phenoxy) is 2. The summed E-state index contributed by atoms with van der Waals surface area (Å²) in [6.07, 6.45) is 4.13. The van der Waals surface area contributed by atoms with Gasteiger partial charge in [-0.05, 0) is 12.8 Å². The van der Waals surface area contributed by atoms with Crippen molar-refractivity contribution in [2.75, 3.05) is 25.6 Å². The van der Waals surface area contributed by atoms with E-state index in [1.165, 1.54) is 12.7 Å². The number of thioether (sulfide) groups is 1. The molecule has 0 amide bonds. The Kier molecular flexibility index (Phi) is 4.43. The van der Waals surface area contributed by atoms with Gasteiger partial charge in [0.05, 0.1) is 19.3 Å². The maximum atomic E-state index is 5.51. The molecule has 1 fully saturated rings. The topological polar surface area (TPSA) is 60.0 Å². The van der Waals surface area contributed by atoms with Crippen molar-refractivity contribution in [3.05, 3.63) is 6.33 Å². The number of aromatic amines is 1. The number of hydrogen-bond acceptors (Lipinski definition) is 5. The second-order valence-corrected chi connectivity index (χ2v) is 4.43. The molecule has 1 aromatic rings. The van der Waals surface area contributed by atoms with Crippen LogP contribution >= 0.6 is 11.8 Å². The highest BCUT2D eigenvalue weighted by Gasteiger charge is 2.14. The summed E-state index contributed by atoms with van der Waals surface area (Å²) in [5.41, 5.74) is 0. The summed E-state index contributed by atoms with van der Waals surface area (Å²) in [5.74, 6) is 0.891. The van der Waals surface area contributed by atoms with Crippen molar-refractivity contribution in [1.29, 1.82) is 0 Å². The van der Waals surface area contributed by atoms with E-state index >= 15 is 0 Å². The molecule has 84 valence electrons. The molecule has 1 unspecified atom stereocenters. The molecule has 1 saturated heterocycles. The largest absolute Gasteiger partial charge is 0.378 e. The average Bonchev–Trinajstić information content (AvgIpc) is 2.88. The van der Waals surface area contributed by atoms with E-state index in [0.717, 1.165) is 37.2 Å². The highest BCUT2D eigenvalue weighted by Crippen LogP contribution is 2.13. The van der Waals surface area contributed by atoms with Gasteiger partial charge in [0.15, 0.2) is 5.16 Å². The zero-order chi connectivity index (χ0) is 10.3. The van der Waals surface area contributed by atoms with Gasteiger partial charge in [-0.1, -0.05) is 11.8 Å². The van der Waals surface area contributed by atoms with Crippen LogP contribution in [0, 0.1) is 0 Å². The molecule has 0 aliphatic carbocycles. The van der Waals surface area contributed by atoms with E-state index in [1.54, 1.807) is 11.8 Å². The van der Waals surface area contributed by atoms with Crippen molar-refractivity contribution >= 4 is 11.8 Å². The minimum atomic E-state index is 0.320. The number of H-pyrrole nitrogens is 1. The van der Waals surface area contributed by atoms with Crippen molar-refractivity contribution in [2.24, 2.45) is 0 Å². The van der Waals surface area contributed by atoms with Gasteiger partial charge in [0.2, 0.25) is 0 Å². The monoisotopic (exact) mass is 229 g/mol. The van der Waals surface area contributed by atoms with Gasteiger partial charge in [0, 0.05) is 12.4 Å². The van der Waals surface area contributed by atoms with Crippen molar-refractivity contribution in [3.63, 3.8) is 0 Å². The molecule has 2 rings (SSSR count). The third kappa shape index (κ3) is 3.81. The predicted octanol–water partition coefficient (Wildman–Crippen LogP) is 1.09. The van der Waals surface area contributed by atoms with E-state index in [4.69, 9.17) is 9.47 Å². The Hall–Kier alpha value is -0.590. The molecular weight excluding hydrogens is 214 g/mol. The minimum absolute atomic E-state index is 0.320. The summed E-state index contributed by atoms with van der Waals surface area (Å²) in [6.45, 7) is 2.34. The SMILES string of the molecule is c1n[nH]c(SCCOCC2CCCO2)n1. The third-order valence-electron chi connectivity index (χ3n) is 2.19. The van der Waals surface area contributed by atoms with E-state index in [2.05, 4.69) is 15.2 Å². The molecule has 5 nitrogen and oxygen atoms in total. The molecule has 1 aromatic heterocycles. The summed E-state index contributed by atoms with van der Waals surface area (Å²) < 4.78 is 11.0. The second-order valence-electron chi connectivity index (χ2n) is 3.35. The molecule has 0 bridgehead atoms. The van der Waals surface area contributed by atoms with Crippen LogP contribution in [0.4, 0.5) is 0 Å². The maximum Gasteiger partial charge on any atom is 0.183 e. The Morgan fingerprint density at radius 3 is 3.40 bits per heavy atom. The van der Waals surface area contributed by atoms with Crippen LogP contribution in [0.1, 0.15) is 12.8 Å². The molecular formula is C9H15N3O2S. The number of rotatable bonds is 6. The van der Waals surface area contributed by atoms with Crippen molar-refractivity contribution in [2.45, 2.75) is 24.1 Å². The molecule has 2 heterocycles. The van der Waals surface area contributed by atoms with Crippen LogP contribution in [0.2, 0.25) is 0 Å². The van der Waals surface area contributed by atoms with Crippen molar-refractivity contribution < 1.29 is 9.47 Å². The second kappa shape index (κ2) is 6.09. The number of nitrogens with one attached hydrogen (secondary N) is 1. The van der Waals surface area contributed by atoms with Crippen LogP contribution in [0.15, 0.2) is 11.5 Å². The van der Waals surface area contributed by atoms with Crippen LogP contribution in [-0.2, 0) is 9.47 Å². The van der Waals surface area contributed by atoms with E-state index in [1.807, 2.05) is 0 Å². The van der Waals surface area contributed by atoms with Crippen LogP contribution in [0.25, 0.3) is 0 Å². The lowest BCUT2D eigenvalue weighted by Gasteiger charge is -2.09. The molecule has 15 heavy (non-hydrogen) atoms. The zero-order valence-corrected chi connectivity index (χ0v) is 9.33. The van der Waals surface area contributed by atoms with Gasteiger partial charge in [-0.3, -0.25) is 5.10 Å². The summed E-state index contributed by atoms with van der Waals surface area (Å²) in [7, 11) is 0. The summed E-state index contributed by atoms with van der Waals surface area (Å²) in [4.78, 5) is 4.01. The number of hydrogen-bond donors (Lipinski definition) is 1. The maximum absolute atomic E-state index is 5.51. The zero-order valence-electron chi connectivity index (χ0n) is 8.52. The van der Waals surface area contributed by atoms with Gasteiger partial charge < -0.3 is 9.47 Å². The number of nitrogens with zero attached hydrogens (tertiary/aromatic N) is 2. The van der Waals surface area contributed by atoms with Crippen molar-refractivity contribution in [3.8, 4) is 0 Å². The summed E-state index contributed by atoms with van der Waals surface area (Å²) in [6, 6.07) is 0. The minimum Gasteiger partial charge on any atom is -0.378 e. The molecule has 1 aliphatic rings. The van der Waals surface area contributed by atoms with Gasteiger partial charge in [-0.25, -0.2) is 4.98 Å². The van der Waals surface area contributed by atoms with Gasteiger partial charge in [0.25, 0.3) is 0 Å². The first-order valence-electron chi connectivity index (χ1n) is 5.12. The molecule has 0 aromatic carbocycles. The first kappa shape index (κ1) is 10.9. The van der Waals surface area contributed by atoms with Crippen LogP contribution < -0.4 is 0 Å². The summed E-state index contributed by atoms with van der Waals surface area (Å²) >= 11 is 1.61. The normalized spacial score (nSPS) is 20.9. The molecule has 1 aliphatic heterocycles. The fraction of sp³-hybridized carbons (Fsp3) is 0.778. The Morgan fingerprint density at radius 1 is 1.67 bits per heavy atom. The first-order valence-corrected chi connectivity index (χ1v) is 6.11. The Bertz CT molecular complexity index is 262. The Balaban J connectivity index is 1.48. The third-order valence-corrected chi connectivity index (χ3v) is 3.03. The highest BCUT2D eigenvalue weighted by atomic mass is 32.2. The molecule has 0 saturated carbocycles. The Morgan fingerprint density at radius 2 is 2.67 bits per heavy atom. The lowest BCUT2D eigenvalue weighted by Crippen LogP contribution is -2.15. The Labute approximate surface area is 92.9 Å². The highest BCUT2D eigenvalue weighted by molar-refractivity contribution is 7.99. The molecule has 1 N–H and O–H groups in total. The van der Waals surface area contributed by atoms with E-state index in [0.29, 0.717) is 6.10 Å². The fourth-order valence-electron chi connectivity index (χ4n) is 1.45. The molecule has 0 spiro atoms. The van der Waals surface area contributed by atoms with E-state index < -0.39 is 0 Å². The lowest BCUT2D eigenvalue weighted by molar-refractivity contribution is 0.0226. The van der Waals surface area contributed by atoms with Crippen LogP contribution in [0.3, 0.4) is 0 Å². The van der Waals surface area contributed by atoms with E-state index in [9.17, 15) is 0 Å². The van der Waals surface area contributed by atoms with Gasteiger partial charge >= 0.3 is 0 Å². The fourth-order valence-corrected chi connectivity index (χ4v) is 2.09. The smallest absolute Gasteiger partial charge is 0.183 e. The predicted molar refractivity (Wildman–Crippen MR) is 56.9 cm³/mol. The molecule has 0 radical (unpaired) electrons. The van der Waals surface area contributed by atoms with Crippen LogP contribution in [-0.4, -0.2) is 46.9 Å². The van der Waals surface area contributed by atoms with E-state index in [-0.39, 0.29) is 0 Å². The molecule has 6 heteroatoms. The first-order chi connectivity index (χ1) is 7.45. The van der Waals surface area contributed by atoms with Gasteiger partial charge in [-0.2, -0.15) is 5.10 Å². The van der Waals surface area contributed by atoms with Gasteiger partial charge in [-0.15, -0.1) is 0 Å². The quantitative estimate of drug-likeness (QED) is 0.584. The average molecular weight is 229 g/mol. The van der Waals surface area contributed by atoms with Gasteiger partial charge in [0.1, 0.15) is 6.33 Å². The summed E-state index contributed by atoms with van der Waals surface area (Å²) in [5, 5.41) is 7.40. The number of aromatic nitrogens is 3.